The van der Waals surface area contributed by atoms with Crippen molar-refractivity contribution in [2.75, 3.05) is 45.2 Å². The van der Waals surface area contributed by atoms with Crippen LogP contribution in [0.15, 0.2) is 0 Å². The van der Waals surface area contributed by atoms with Gasteiger partial charge < -0.3 is 14.5 Å². The SMILES string of the molecule is COC(=O)c1sc(N2CCCN(C)CC2)nc1Cl. The zero-order valence-corrected chi connectivity index (χ0v) is 12.1. The maximum Gasteiger partial charge on any atom is 0.351 e. The Morgan fingerprint density at radius 1 is 1.39 bits per heavy atom. The van der Waals surface area contributed by atoms with Crippen LogP contribution in [0.4, 0.5) is 5.13 Å². The minimum atomic E-state index is -0.421. The Balaban J connectivity index is 2.15. The van der Waals surface area contributed by atoms with E-state index in [0.29, 0.717) is 4.88 Å². The van der Waals surface area contributed by atoms with Crippen LogP contribution in [-0.2, 0) is 4.74 Å². The molecule has 7 heteroatoms. The highest BCUT2D eigenvalue weighted by molar-refractivity contribution is 7.18. The van der Waals surface area contributed by atoms with Crippen molar-refractivity contribution in [2.45, 2.75) is 6.42 Å². The highest BCUT2D eigenvalue weighted by Crippen LogP contribution is 2.30. The molecule has 1 aliphatic rings. The third kappa shape index (κ3) is 2.93. The third-order valence-corrected chi connectivity index (χ3v) is 4.42. The number of carbonyl (C=O) groups is 1. The van der Waals surface area contributed by atoms with Crippen molar-refractivity contribution in [3.05, 3.63) is 10.0 Å². The number of likely N-dealkylation sites (N-methyl/N-ethyl adjacent to an activating group) is 1. The fourth-order valence-electron chi connectivity index (χ4n) is 1.88. The van der Waals surface area contributed by atoms with Crippen molar-refractivity contribution in [3.8, 4) is 0 Å². The maximum absolute atomic E-state index is 11.5. The van der Waals surface area contributed by atoms with Gasteiger partial charge in [0, 0.05) is 19.6 Å². The molecule has 1 aromatic rings. The number of hydrogen-bond acceptors (Lipinski definition) is 6. The molecular weight excluding hydrogens is 274 g/mol. The molecule has 0 aromatic carbocycles. The number of anilines is 1. The first-order valence-corrected chi connectivity index (χ1v) is 6.99. The molecule has 0 amide bonds. The number of methoxy groups -OCH3 is 1. The number of esters is 1. The zero-order chi connectivity index (χ0) is 13.1. The van der Waals surface area contributed by atoms with E-state index in [0.717, 1.165) is 37.7 Å². The van der Waals surface area contributed by atoms with Crippen LogP contribution < -0.4 is 4.90 Å². The van der Waals surface area contributed by atoms with E-state index in [2.05, 4.69) is 26.6 Å². The molecular formula is C11H16ClN3O2S. The molecule has 1 aromatic heterocycles. The monoisotopic (exact) mass is 289 g/mol. The van der Waals surface area contributed by atoms with Crippen LogP contribution >= 0.6 is 22.9 Å². The molecule has 0 N–H and O–H groups in total. The van der Waals surface area contributed by atoms with Gasteiger partial charge in [0.2, 0.25) is 0 Å². The van der Waals surface area contributed by atoms with Gasteiger partial charge in [0.05, 0.1) is 7.11 Å². The number of hydrogen-bond donors (Lipinski definition) is 0. The predicted molar refractivity (Wildman–Crippen MR) is 72.8 cm³/mol. The second-order valence-electron chi connectivity index (χ2n) is 4.25. The number of nitrogens with zero attached hydrogens (tertiary/aromatic N) is 3. The minimum absolute atomic E-state index is 0.236. The summed E-state index contributed by atoms with van der Waals surface area (Å²) in [6, 6.07) is 0. The summed E-state index contributed by atoms with van der Waals surface area (Å²) in [7, 11) is 3.46. The van der Waals surface area contributed by atoms with Crippen molar-refractivity contribution >= 4 is 34.0 Å². The molecule has 2 heterocycles. The van der Waals surface area contributed by atoms with Gasteiger partial charge in [-0.05, 0) is 20.0 Å². The fourth-order valence-corrected chi connectivity index (χ4v) is 3.13. The van der Waals surface area contributed by atoms with Gasteiger partial charge in [0.25, 0.3) is 0 Å². The first-order chi connectivity index (χ1) is 8.61. The van der Waals surface area contributed by atoms with Crippen molar-refractivity contribution in [1.82, 2.24) is 9.88 Å². The van der Waals surface area contributed by atoms with Gasteiger partial charge in [-0.2, -0.15) is 0 Å². The van der Waals surface area contributed by atoms with E-state index < -0.39 is 5.97 Å². The fraction of sp³-hybridized carbons (Fsp3) is 0.636. The first-order valence-electron chi connectivity index (χ1n) is 5.80. The smallest absolute Gasteiger partial charge is 0.351 e. The molecule has 2 rings (SSSR count). The molecule has 0 unspecified atom stereocenters. The Hall–Kier alpha value is -0.850. The summed E-state index contributed by atoms with van der Waals surface area (Å²) in [6.07, 6.45) is 1.08. The number of ether oxygens (including phenoxy) is 1. The first kappa shape index (κ1) is 13.6. The molecule has 0 atom stereocenters. The summed E-state index contributed by atoms with van der Waals surface area (Å²) in [4.78, 5) is 20.6. The molecule has 5 nitrogen and oxygen atoms in total. The molecule has 0 aliphatic carbocycles. The molecule has 0 saturated carbocycles. The summed E-state index contributed by atoms with van der Waals surface area (Å²) < 4.78 is 4.68. The second kappa shape index (κ2) is 5.86. The van der Waals surface area contributed by atoms with E-state index >= 15 is 0 Å². The van der Waals surface area contributed by atoms with Crippen molar-refractivity contribution in [1.29, 1.82) is 0 Å². The zero-order valence-electron chi connectivity index (χ0n) is 10.5. The second-order valence-corrected chi connectivity index (χ2v) is 5.59. The van der Waals surface area contributed by atoms with E-state index in [-0.39, 0.29) is 5.15 Å². The minimum Gasteiger partial charge on any atom is -0.465 e. The number of aromatic nitrogens is 1. The Bertz CT molecular complexity index is 438. The van der Waals surface area contributed by atoms with Crippen molar-refractivity contribution < 1.29 is 9.53 Å². The predicted octanol–water partition coefficient (Wildman–Crippen LogP) is 1.72. The quantitative estimate of drug-likeness (QED) is 0.776. The highest BCUT2D eigenvalue weighted by Gasteiger charge is 2.21. The van der Waals surface area contributed by atoms with E-state index in [9.17, 15) is 4.79 Å². The summed E-state index contributed by atoms with van der Waals surface area (Å²) in [6.45, 7) is 3.92. The molecule has 1 saturated heterocycles. The maximum atomic E-state index is 11.5. The molecule has 18 heavy (non-hydrogen) atoms. The largest absolute Gasteiger partial charge is 0.465 e. The Kier molecular flexibility index (Phi) is 4.42. The molecule has 100 valence electrons. The van der Waals surface area contributed by atoms with Crippen molar-refractivity contribution in [2.24, 2.45) is 0 Å². The number of carbonyl (C=O) groups excluding carboxylic acids is 1. The van der Waals surface area contributed by atoms with Gasteiger partial charge in [-0.15, -0.1) is 0 Å². The van der Waals surface area contributed by atoms with Crippen LogP contribution in [0.3, 0.4) is 0 Å². The topological polar surface area (TPSA) is 45.7 Å². The number of thiazole rings is 1. The molecule has 0 radical (unpaired) electrons. The van der Waals surface area contributed by atoms with Crippen LogP contribution in [0, 0.1) is 0 Å². The van der Waals surface area contributed by atoms with Crippen LogP contribution in [-0.4, -0.2) is 56.2 Å². The van der Waals surface area contributed by atoms with E-state index in [1.165, 1.54) is 18.4 Å². The Labute approximate surface area is 115 Å². The summed E-state index contributed by atoms with van der Waals surface area (Å²) in [5.41, 5.74) is 0. The Morgan fingerprint density at radius 2 is 2.17 bits per heavy atom. The lowest BCUT2D eigenvalue weighted by Gasteiger charge is -2.18. The van der Waals surface area contributed by atoms with Crippen LogP contribution in [0.2, 0.25) is 5.15 Å². The average molecular weight is 290 g/mol. The van der Waals surface area contributed by atoms with Crippen LogP contribution in [0.25, 0.3) is 0 Å². The van der Waals surface area contributed by atoms with Gasteiger partial charge >= 0.3 is 5.97 Å². The molecule has 0 spiro atoms. The van der Waals surface area contributed by atoms with Crippen LogP contribution in [0.1, 0.15) is 16.1 Å². The summed E-state index contributed by atoms with van der Waals surface area (Å²) in [5, 5.41) is 1.04. The van der Waals surface area contributed by atoms with Gasteiger partial charge in [0.1, 0.15) is 0 Å². The van der Waals surface area contributed by atoms with Gasteiger partial charge in [-0.3, -0.25) is 0 Å². The molecule has 1 aliphatic heterocycles. The lowest BCUT2D eigenvalue weighted by atomic mass is 10.4. The third-order valence-electron chi connectivity index (χ3n) is 2.94. The lowest BCUT2D eigenvalue weighted by Crippen LogP contribution is -2.28. The van der Waals surface area contributed by atoms with Gasteiger partial charge in [-0.25, -0.2) is 9.78 Å². The molecule has 1 fully saturated rings. The summed E-state index contributed by atoms with van der Waals surface area (Å²) >= 11 is 7.27. The summed E-state index contributed by atoms with van der Waals surface area (Å²) in [5.74, 6) is -0.421. The van der Waals surface area contributed by atoms with E-state index in [1.807, 2.05) is 0 Å². The average Bonchev–Trinajstić information content (AvgIpc) is 2.60. The highest BCUT2D eigenvalue weighted by atomic mass is 35.5. The van der Waals surface area contributed by atoms with E-state index in [4.69, 9.17) is 11.6 Å². The molecule has 0 bridgehead atoms. The lowest BCUT2D eigenvalue weighted by molar-refractivity contribution is 0.0606. The number of halogens is 1. The standard InChI is InChI=1S/C11H16ClN3O2S/c1-14-4-3-5-15(7-6-14)11-13-9(12)8(18-11)10(16)17-2/h3-7H2,1-2H3. The van der Waals surface area contributed by atoms with Crippen molar-refractivity contribution in [3.63, 3.8) is 0 Å². The van der Waals surface area contributed by atoms with Crippen LogP contribution in [0.5, 0.6) is 0 Å². The van der Waals surface area contributed by atoms with E-state index in [1.54, 1.807) is 0 Å². The number of rotatable bonds is 2. The Morgan fingerprint density at radius 3 is 2.89 bits per heavy atom. The van der Waals surface area contributed by atoms with Gasteiger partial charge in [0.15, 0.2) is 15.2 Å². The van der Waals surface area contributed by atoms with Gasteiger partial charge in [-0.1, -0.05) is 22.9 Å². The normalized spacial score (nSPS) is 17.6.